The van der Waals surface area contributed by atoms with Gasteiger partial charge in [0.25, 0.3) is 5.91 Å². The third kappa shape index (κ3) is 5.99. The molecule has 3 aromatic carbocycles. The van der Waals surface area contributed by atoms with Crippen LogP contribution in [0.5, 0.6) is 5.75 Å². The summed E-state index contributed by atoms with van der Waals surface area (Å²) in [6.07, 6.45) is 4.26. The summed E-state index contributed by atoms with van der Waals surface area (Å²) in [6.45, 7) is 1.94. The summed E-state index contributed by atoms with van der Waals surface area (Å²) in [5.74, 6) is 0.230. The SMILES string of the molecule is C[C@H](C(=O)NC1CCCC1)N(Cc1cccc(Br)c1)C(=O)COc1ccc2ccccc2c1Br. The van der Waals surface area contributed by atoms with E-state index in [1.807, 2.05) is 60.7 Å². The molecule has 0 spiro atoms. The molecule has 3 aromatic rings. The molecule has 2 amide bonds. The van der Waals surface area contributed by atoms with E-state index in [-0.39, 0.29) is 24.5 Å². The van der Waals surface area contributed by atoms with Gasteiger partial charge in [-0.3, -0.25) is 9.59 Å². The van der Waals surface area contributed by atoms with Crippen LogP contribution in [-0.4, -0.2) is 35.4 Å². The Kier molecular flexibility index (Phi) is 8.27. The number of fused-ring (bicyclic) bond motifs is 1. The van der Waals surface area contributed by atoms with Crippen LogP contribution in [0, 0.1) is 0 Å². The quantitative estimate of drug-likeness (QED) is 0.340. The Morgan fingerprint density at radius 1 is 1.06 bits per heavy atom. The summed E-state index contributed by atoms with van der Waals surface area (Å²) >= 11 is 7.10. The molecule has 0 aromatic heterocycles. The van der Waals surface area contributed by atoms with Crippen molar-refractivity contribution in [2.45, 2.75) is 51.2 Å². The fourth-order valence-corrected chi connectivity index (χ4v) is 5.41. The molecule has 1 fully saturated rings. The summed E-state index contributed by atoms with van der Waals surface area (Å²) < 4.78 is 7.67. The van der Waals surface area contributed by atoms with Gasteiger partial charge in [0.15, 0.2) is 6.61 Å². The molecule has 1 N–H and O–H groups in total. The van der Waals surface area contributed by atoms with Crippen molar-refractivity contribution in [1.29, 1.82) is 0 Å². The predicted octanol–water partition coefficient (Wildman–Crippen LogP) is 6.22. The molecule has 0 bridgehead atoms. The van der Waals surface area contributed by atoms with Crippen molar-refractivity contribution in [2.24, 2.45) is 0 Å². The first-order valence-electron chi connectivity index (χ1n) is 11.6. The van der Waals surface area contributed by atoms with Gasteiger partial charge in [0.05, 0.1) is 4.47 Å². The van der Waals surface area contributed by atoms with Crippen LogP contribution in [-0.2, 0) is 16.1 Å². The molecule has 7 heteroatoms. The first kappa shape index (κ1) is 24.7. The average molecular weight is 588 g/mol. The minimum atomic E-state index is -0.615. The molecule has 1 saturated carbocycles. The Morgan fingerprint density at radius 3 is 2.59 bits per heavy atom. The second-order valence-corrected chi connectivity index (χ2v) is 10.4. The molecular formula is C27H28Br2N2O3. The second-order valence-electron chi connectivity index (χ2n) is 8.70. The molecule has 4 rings (SSSR count). The highest BCUT2D eigenvalue weighted by molar-refractivity contribution is 9.11. The summed E-state index contributed by atoms with van der Waals surface area (Å²) in [5, 5.41) is 5.22. The molecule has 1 atom stereocenters. The second kappa shape index (κ2) is 11.4. The molecule has 5 nitrogen and oxygen atoms in total. The zero-order valence-corrected chi connectivity index (χ0v) is 22.3. The average Bonchev–Trinajstić information content (AvgIpc) is 3.35. The highest BCUT2D eigenvalue weighted by Crippen LogP contribution is 2.33. The zero-order valence-electron chi connectivity index (χ0n) is 19.1. The van der Waals surface area contributed by atoms with Crippen molar-refractivity contribution in [1.82, 2.24) is 10.2 Å². The first-order valence-corrected chi connectivity index (χ1v) is 13.2. The number of nitrogens with zero attached hydrogens (tertiary/aromatic N) is 1. The van der Waals surface area contributed by atoms with Crippen LogP contribution in [0.25, 0.3) is 10.8 Å². The number of benzene rings is 3. The molecule has 0 saturated heterocycles. The number of ether oxygens (including phenoxy) is 1. The molecule has 1 aliphatic carbocycles. The Balaban J connectivity index is 1.50. The van der Waals surface area contributed by atoms with Gasteiger partial charge in [0, 0.05) is 17.1 Å². The van der Waals surface area contributed by atoms with Gasteiger partial charge in [-0.15, -0.1) is 0 Å². The fraction of sp³-hybridized carbons (Fsp3) is 0.333. The summed E-state index contributed by atoms with van der Waals surface area (Å²) in [7, 11) is 0. The van der Waals surface area contributed by atoms with Gasteiger partial charge in [-0.2, -0.15) is 0 Å². The van der Waals surface area contributed by atoms with Crippen LogP contribution < -0.4 is 10.1 Å². The van der Waals surface area contributed by atoms with Gasteiger partial charge in [0.1, 0.15) is 11.8 Å². The molecule has 1 aliphatic rings. The van der Waals surface area contributed by atoms with Gasteiger partial charge >= 0.3 is 0 Å². The maximum Gasteiger partial charge on any atom is 0.261 e. The van der Waals surface area contributed by atoms with Crippen LogP contribution in [0.3, 0.4) is 0 Å². The van der Waals surface area contributed by atoms with Crippen LogP contribution >= 0.6 is 31.9 Å². The molecular weight excluding hydrogens is 560 g/mol. The topological polar surface area (TPSA) is 58.6 Å². The monoisotopic (exact) mass is 586 g/mol. The number of nitrogens with one attached hydrogen (secondary N) is 1. The van der Waals surface area contributed by atoms with Crippen LogP contribution in [0.15, 0.2) is 69.6 Å². The number of carbonyl (C=O) groups is 2. The first-order chi connectivity index (χ1) is 16.4. The van der Waals surface area contributed by atoms with E-state index in [0.717, 1.165) is 51.0 Å². The van der Waals surface area contributed by atoms with Crippen molar-refractivity contribution in [3.05, 3.63) is 75.2 Å². The smallest absolute Gasteiger partial charge is 0.261 e. The minimum absolute atomic E-state index is 0.123. The van der Waals surface area contributed by atoms with E-state index in [0.29, 0.717) is 12.3 Å². The van der Waals surface area contributed by atoms with Gasteiger partial charge < -0.3 is 15.0 Å². The number of carbonyl (C=O) groups excluding carboxylic acids is 2. The lowest BCUT2D eigenvalue weighted by Crippen LogP contribution is -2.50. The van der Waals surface area contributed by atoms with Gasteiger partial charge in [-0.05, 0) is 70.2 Å². The third-order valence-electron chi connectivity index (χ3n) is 6.29. The van der Waals surface area contributed by atoms with E-state index >= 15 is 0 Å². The molecule has 0 aliphatic heterocycles. The maximum absolute atomic E-state index is 13.4. The maximum atomic E-state index is 13.4. The molecule has 0 heterocycles. The number of amides is 2. The predicted molar refractivity (Wildman–Crippen MR) is 142 cm³/mol. The Bertz CT molecular complexity index is 1180. The highest BCUT2D eigenvalue weighted by Gasteiger charge is 2.29. The lowest BCUT2D eigenvalue weighted by atomic mass is 10.1. The largest absolute Gasteiger partial charge is 0.483 e. The number of hydrogen-bond donors (Lipinski definition) is 1. The molecule has 34 heavy (non-hydrogen) atoms. The lowest BCUT2D eigenvalue weighted by molar-refractivity contribution is -0.142. The number of hydrogen-bond acceptors (Lipinski definition) is 3. The Morgan fingerprint density at radius 2 is 1.82 bits per heavy atom. The molecule has 178 valence electrons. The van der Waals surface area contributed by atoms with E-state index in [4.69, 9.17) is 4.74 Å². The fourth-order valence-electron chi connectivity index (χ4n) is 4.35. The van der Waals surface area contributed by atoms with Crippen molar-refractivity contribution in [3.8, 4) is 5.75 Å². The minimum Gasteiger partial charge on any atom is -0.483 e. The summed E-state index contributed by atoms with van der Waals surface area (Å²) in [4.78, 5) is 28.0. The van der Waals surface area contributed by atoms with Crippen molar-refractivity contribution < 1.29 is 14.3 Å². The van der Waals surface area contributed by atoms with Crippen molar-refractivity contribution in [2.75, 3.05) is 6.61 Å². The molecule has 0 unspecified atom stereocenters. The van der Waals surface area contributed by atoms with Crippen LogP contribution in [0.1, 0.15) is 38.2 Å². The zero-order chi connectivity index (χ0) is 24.1. The standard InChI is InChI=1S/C27H28Br2N2O3/c1-18(27(33)30-22-10-3-4-11-22)31(16-19-7-6-9-21(28)15-19)25(32)17-34-24-14-13-20-8-2-5-12-23(20)26(24)29/h2,5-9,12-15,18,22H,3-4,10-11,16-17H2,1H3,(H,30,33)/t18-/m1/s1. The highest BCUT2D eigenvalue weighted by atomic mass is 79.9. The van der Waals surface area contributed by atoms with Gasteiger partial charge in [0.2, 0.25) is 5.91 Å². The summed E-state index contributed by atoms with van der Waals surface area (Å²) in [6, 6.07) is 19.2. The Labute approximate surface area is 217 Å². The van der Waals surface area contributed by atoms with Crippen LogP contribution in [0.4, 0.5) is 0 Å². The number of halogens is 2. The van der Waals surface area contributed by atoms with E-state index in [1.54, 1.807) is 11.8 Å². The lowest BCUT2D eigenvalue weighted by Gasteiger charge is -2.29. The van der Waals surface area contributed by atoms with E-state index in [2.05, 4.69) is 37.2 Å². The van der Waals surface area contributed by atoms with Gasteiger partial charge in [-0.1, -0.05) is 71.2 Å². The van der Waals surface area contributed by atoms with Crippen molar-refractivity contribution in [3.63, 3.8) is 0 Å². The molecule has 0 radical (unpaired) electrons. The Hall–Kier alpha value is -2.38. The van der Waals surface area contributed by atoms with E-state index < -0.39 is 6.04 Å². The van der Waals surface area contributed by atoms with Crippen LogP contribution in [0.2, 0.25) is 0 Å². The normalized spacial score (nSPS) is 14.7. The van der Waals surface area contributed by atoms with Crippen molar-refractivity contribution >= 4 is 54.4 Å². The van der Waals surface area contributed by atoms with E-state index in [1.165, 1.54) is 0 Å². The summed E-state index contributed by atoms with van der Waals surface area (Å²) in [5.41, 5.74) is 0.940. The van der Waals surface area contributed by atoms with E-state index in [9.17, 15) is 9.59 Å². The number of rotatable bonds is 8. The third-order valence-corrected chi connectivity index (χ3v) is 7.60. The van der Waals surface area contributed by atoms with Gasteiger partial charge in [-0.25, -0.2) is 0 Å².